The largest absolute Gasteiger partial charge is 0.494 e. The molecule has 0 unspecified atom stereocenters. The molecule has 1 amide bonds. The molecule has 1 heterocycles. The van der Waals surface area contributed by atoms with Crippen LogP contribution in [-0.4, -0.2) is 26.7 Å². The summed E-state index contributed by atoms with van der Waals surface area (Å²) >= 11 is 0. The number of nitrogens with one attached hydrogen (secondary N) is 1. The van der Waals surface area contributed by atoms with E-state index in [0.29, 0.717) is 23.7 Å². The van der Waals surface area contributed by atoms with Gasteiger partial charge < -0.3 is 19.5 Å². The van der Waals surface area contributed by atoms with E-state index in [2.05, 4.69) is 5.32 Å². The quantitative estimate of drug-likeness (QED) is 0.609. The van der Waals surface area contributed by atoms with Crippen molar-refractivity contribution in [1.29, 1.82) is 0 Å². The lowest BCUT2D eigenvalue weighted by atomic mass is 10.1. The molecule has 0 aliphatic carbocycles. The molecule has 6 heteroatoms. The number of nitrogens with zero attached hydrogens (tertiary/aromatic N) is 1. The van der Waals surface area contributed by atoms with Gasteiger partial charge in [0.2, 0.25) is 0 Å². The number of hydrogen-bond acceptors (Lipinski definition) is 5. The first-order valence-electron chi connectivity index (χ1n) is 9.80. The molecule has 0 radical (unpaired) electrons. The number of amides is 1. The molecule has 0 bridgehead atoms. The Labute approximate surface area is 176 Å². The van der Waals surface area contributed by atoms with Crippen LogP contribution in [0.15, 0.2) is 66.7 Å². The van der Waals surface area contributed by atoms with E-state index in [4.69, 9.17) is 14.2 Å². The smallest absolute Gasteiger partial charge is 0.260 e. The van der Waals surface area contributed by atoms with Crippen molar-refractivity contribution in [2.45, 2.75) is 13.1 Å². The normalized spacial score (nSPS) is 15.0. The van der Waals surface area contributed by atoms with E-state index < -0.39 is 0 Å². The molecule has 3 aromatic carbocycles. The lowest BCUT2D eigenvalue weighted by Crippen LogP contribution is -2.32. The van der Waals surface area contributed by atoms with Crippen LogP contribution >= 0.6 is 0 Å². The lowest BCUT2D eigenvalue weighted by Gasteiger charge is -2.27. The standard InChI is InChI=1S/C24H24N2O4/c1-4-30-18-12-10-17(11-13-18)26-23(19-7-5-6-8-20(19)24(26)27)25-16-9-14-21(28-2)22(15-16)29-3/h5-15,23,25H,4H2,1-3H3/t23-/m0/s1. The van der Waals surface area contributed by atoms with Gasteiger partial charge in [-0.15, -0.1) is 0 Å². The zero-order valence-corrected chi connectivity index (χ0v) is 17.2. The van der Waals surface area contributed by atoms with Gasteiger partial charge in [-0.2, -0.15) is 0 Å². The molecule has 1 aliphatic heterocycles. The molecule has 1 N–H and O–H groups in total. The molecule has 0 spiro atoms. The van der Waals surface area contributed by atoms with Gasteiger partial charge in [0, 0.05) is 28.6 Å². The molecule has 154 valence electrons. The van der Waals surface area contributed by atoms with Crippen LogP contribution in [-0.2, 0) is 0 Å². The summed E-state index contributed by atoms with van der Waals surface area (Å²) in [6.45, 7) is 2.54. The van der Waals surface area contributed by atoms with E-state index >= 15 is 0 Å². The Morgan fingerprint density at radius 3 is 2.37 bits per heavy atom. The van der Waals surface area contributed by atoms with Gasteiger partial charge in [-0.1, -0.05) is 18.2 Å². The van der Waals surface area contributed by atoms with Crippen LogP contribution in [0.2, 0.25) is 0 Å². The SMILES string of the molecule is CCOc1ccc(N2C(=O)c3ccccc3[C@H]2Nc2ccc(OC)c(OC)c2)cc1. The number of anilines is 2. The monoisotopic (exact) mass is 404 g/mol. The molecule has 0 saturated carbocycles. The van der Waals surface area contributed by atoms with Crippen molar-refractivity contribution in [1.82, 2.24) is 0 Å². The maximum Gasteiger partial charge on any atom is 0.260 e. The highest BCUT2D eigenvalue weighted by Crippen LogP contribution is 2.39. The summed E-state index contributed by atoms with van der Waals surface area (Å²) in [6.07, 6.45) is -0.357. The molecule has 0 saturated heterocycles. The average molecular weight is 404 g/mol. The number of carbonyl (C=O) groups excluding carboxylic acids is 1. The first-order chi connectivity index (χ1) is 14.7. The molecule has 30 heavy (non-hydrogen) atoms. The fourth-order valence-electron chi connectivity index (χ4n) is 3.68. The number of benzene rings is 3. The zero-order valence-electron chi connectivity index (χ0n) is 17.2. The van der Waals surface area contributed by atoms with Gasteiger partial charge >= 0.3 is 0 Å². The first-order valence-corrected chi connectivity index (χ1v) is 9.80. The van der Waals surface area contributed by atoms with Gasteiger partial charge in [-0.3, -0.25) is 9.69 Å². The van der Waals surface area contributed by atoms with Gasteiger partial charge in [0.05, 0.1) is 20.8 Å². The van der Waals surface area contributed by atoms with E-state index in [1.165, 1.54) is 0 Å². The van der Waals surface area contributed by atoms with Gasteiger partial charge in [0.1, 0.15) is 11.9 Å². The van der Waals surface area contributed by atoms with Crippen LogP contribution in [0.5, 0.6) is 17.2 Å². The summed E-state index contributed by atoms with van der Waals surface area (Å²) < 4.78 is 16.3. The Balaban J connectivity index is 1.71. The van der Waals surface area contributed by atoms with Crippen LogP contribution in [0.3, 0.4) is 0 Å². The summed E-state index contributed by atoms with van der Waals surface area (Å²) in [7, 11) is 3.20. The Hall–Kier alpha value is -3.67. The molecule has 0 fully saturated rings. The molecule has 1 atom stereocenters. The molecule has 1 aliphatic rings. The van der Waals surface area contributed by atoms with Crippen LogP contribution in [0.4, 0.5) is 11.4 Å². The average Bonchev–Trinajstić information content (AvgIpc) is 3.06. The predicted molar refractivity (Wildman–Crippen MR) is 117 cm³/mol. The van der Waals surface area contributed by atoms with Crippen LogP contribution in [0, 0.1) is 0 Å². The Kier molecular flexibility index (Phi) is 5.48. The highest BCUT2D eigenvalue weighted by Gasteiger charge is 2.37. The van der Waals surface area contributed by atoms with Crippen molar-refractivity contribution in [3.63, 3.8) is 0 Å². The first kappa shape index (κ1) is 19.6. The number of rotatable bonds is 7. The number of methoxy groups -OCH3 is 2. The number of hydrogen-bond donors (Lipinski definition) is 1. The van der Waals surface area contributed by atoms with E-state index in [9.17, 15) is 4.79 Å². The Morgan fingerprint density at radius 2 is 1.67 bits per heavy atom. The third-order valence-corrected chi connectivity index (χ3v) is 5.08. The van der Waals surface area contributed by atoms with Crippen LogP contribution in [0.1, 0.15) is 29.0 Å². The van der Waals surface area contributed by atoms with Crippen molar-refractivity contribution in [2.75, 3.05) is 31.0 Å². The molecular formula is C24H24N2O4. The molecule has 0 aromatic heterocycles. The molecule has 4 rings (SSSR count). The summed E-state index contributed by atoms with van der Waals surface area (Å²) in [5.41, 5.74) is 3.21. The topological polar surface area (TPSA) is 60.0 Å². The van der Waals surface area contributed by atoms with Crippen LogP contribution in [0.25, 0.3) is 0 Å². The van der Waals surface area contributed by atoms with E-state index in [0.717, 1.165) is 22.7 Å². The van der Waals surface area contributed by atoms with Gasteiger partial charge in [-0.05, 0) is 49.4 Å². The minimum Gasteiger partial charge on any atom is -0.494 e. The molecular weight excluding hydrogens is 380 g/mol. The summed E-state index contributed by atoms with van der Waals surface area (Å²) in [6, 6.07) is 20.8. The zero-order chi connectivity index (χ0) is 21.1. The fourth-order valence-corrected chi connectivity index (χ4v) is 3.68. The summed E-state index contributed by atoms with van der Waals surface area (Å²) in [5.74, 6) is 1.99. The number of fused-ring (bicyclic) bond motifs is 1. The van der Waals surface area contributed by atoms with Gasteiger partial charge in [-0.25, -0.2) is 0 Å². The van der Waals surface area contributed by atoms with Crippen molar-refractivity contribution < 1.29 is 19.0 Å². The van der Waals surface area contributed by atoms with Crippen LogP contribution < -0.4 is 24.4 Å². The maximum absolute atomic E-state index is 13.2. The van der Waals surface area contributed by atoms with Crippen molar-refractivity contribution in [2.24, 2.45) is 0 Å². The number of carbonyl (C=O) groups is 1. The fraction of sp³-hybridized carbons (Fsp3) is 0.208. The van der Waals surface area contributed by atoms with Gasteiger partial charge in [0.15, 0.2) is 11.5 Å². The van der Waals surface area contributed by atoms with Crippen molar-refractivity contribution in [3.8, 4) is 17.2 Å². The lowest BCUT2D eigenvalue weighted by molar-refractivity contribution is 0.0993. The second kappa shape index (κ2) is 8.37. The maximum atomic E-state index is 13.2. The Bertz CT molecular complexity index is 1050. The number of ether oxygens (including phenoxy) is 3. The second-order valence-electron chi connectivity index (χ2n) is 6.81. The van der Waals surface area contributed by atoms with Crippen molar-refractivity contribution >= 4 is 17.3 Å². The second-order valence-corrected chi connectivity index (χ2v) is 6.81. The third kappa shape index (κ3) is 3.52. The predicted octanol–water partition coefficient (Wildman–Crippen LogP) is 4.87. The Morgan fingerprint density at radius 1 is 0.933 bits per heavy atom. The highest BCUT2D eigenvalue weighted by molar-refractivity contribution is 6.11. The van der Waals surface area contributed by atoms with Crippen molar-refractivity contribution in [3.05, 3.63) is 77.9 Å². The summed E-state index contributed by atoms with van der Waals surface area (Å²) in [4.78, 5) is 15.0. The minimum absolute atomic E-state index is 0.0484. The molecule has 6 nitrogen and oxygen atoms in total. The molecule has 3 aromatic rings. The minimum atomic E-state index is -0.357. The third-order valence-electron chi connectivity index (χ3n) is 5.08. The summed E-state index contributed by atoms with van der Waals surface area (Å²) in [5, 5.41) is 3.48. The van der Waals surface area contributed by atoms with E-state index in [1.54, 1.807) is 19.1 Å². The highest BCUT2D eigenvalue weighted by atomic mass is 16.5. The van der Waals surface area contributed by atoms with Gasteiger partial charge in [0.25, 0.3) is 5.91 Å². The van der Waals surface area contributed by atoms with E-state index in [-0.39, 0.29) is 12.1 Å². The van der Waals surface area contributed by atoms with E-state index in [1.807, 2.05) is 73.7 Å².